The van der Waals surface area contributed by atoms with Crippen LogP contribution in [-0.4, -0.2) is 27.5 Å². The van der Waals surface area contributed by atoms with Crippen LogP contribution in [0.1, 0.15) is 11.7 Å². The second kappa shape index (κ2) is 7.82. The van der Waals surface area contributed by atoms with Crippen LogP contribution in [0.4, 0.5) is 4.39 Å². The van der Waals surface area contributed by atoms with Gasteiger partial charge in [-0.05, 0) is 17.7 Å². The lowest BCUT2D eigenvalue weighted by Gasteiger charge is -2.11. The molecule has 0 fully saturated rings. The van der Waals surface area contributed by atoms with E-state index in [2.05, 4.69) is 5.32 Å². The number of carbonyl (C=O) groups excluding carboxylic acids is 1. The van der Waals surface area contributed by atoms with Crippen molar-refractivity contribution in [3.05, 3.63) is 66.0 Å². The smallest absolute Gasteiger partial charge is 0.253 e. The first-order valence-corrected chi connectivity index (χ1v) is 8.05. The molecule has 2 aromatic carbocycles. The molecule has 0 saturated carbocycles. The molecule has 1 amide bonds. The van der Waals surface area contributed by atoms with Crippen LogP contribution in [0.3, 0.4) is 0 Å². The molecular weight excluding hydrogens is 305 g/mol. The van der Waals surface area contributed by atoms with Crippen LogP contribution in [0.2, 0.25) is 0 Å². The molecule has 0 aromatic heterocycles. The van der Waals surface area contributed by atoms with Crippen molar-refractivity contribution in [2.75, 3.05) is 12.3 Å². The van der Waals surface area contributed by atoms with E-state index in [4.69, 9.17) is 0 Å². The Bertz CT molecular complexity index is 663. The fraction of sp³-hybridized carbons (Fsp3) is 0.188. The van der Waals surface area contributed by atoms with Crippen LogP contribution in [0.25, 0.3) is 0 Å². The molecular formula is C16H16FNO3S. The first-order chi connectivity index (χ1) is 10.6. The van der Waals surface area contributed by atoms with E-state index < -0.39 is 28.6 Å². The zero-order valence-corrected chi connectivity index (χ0v) is 12.6. The molecule has 0 spiro atoms. The lowest BCUT2D eigenvalue weighted by molar-refractivity contribution is -0.129. The van der Waals surface area contributed by atoms with E-state index in [0.29, 0.717) is 5.56 Å². The number of benzene rings is 2. The third-order valence-electron chi connectivity index (χ3n) is 3.03. The molecule has 2 N–H and O–H groups in total. The minimum Gasteiger partial charge on any atom is -0.378 e. The molecule has 0 unspecified atom stereocenters. The Kier molecular flexibility index (Phi) is 5.80. The van der Waals surface area contributed by atoms with Crippen molar-refractivity contribution in [1.82, 2.24) is 5.32 Å². The molecule has 2 aromatic rings. The van der Waals surface area contributed by atoms with Crippen LogP contribution < -0.4 is 5.32 Å². The fourth-order valence-electron chi connectivity index (χ4n) is 1.89. The highest BCUT2D eigenvalue weighted by Crippen LogP contribution is 2.13. The minimum atomic E-state index is -1.54. The number of nitrogens with one attached hydrogen (secondary N) is 1. The van der Waals surface area contributed by atoms with Gasteiger partial charge in [0.25, 0.3) is 5.91 Å². The monoisotopic (exact) mass is 321 g/mol. The molecule has 0 bridgehead atoms. The van der Waals surface area contributed by atoms with E-state index in [1.165, 1.54) is 18.2 Å². The van der Waals surface area contributed by atoms with Crippen molar-refractivity contribution in [3.63, 3.8) is 0 Å². The summed E-state index contributed by atoms with van der Waals surface area (Å²) in [5, 5.41) is 12.4. The maximum atomic E-state index is 13.5. The highest BCUT2D eigenvalue weighted by Gasteiger charge is 2.17. The van der Waals surface area contributed by atoms with Gasteiger partial charge < -0.3 is 10.4 Å². The molecule has 0 radical (unpaired) electrons. The highest BCUT2D eigenvalue weighted by atomic mass is 32.2. The molecule has 22 heavy (non-hydrogen) atoms. The van der Waals surface area contributed by atoms with Crippen molar-refractivity contribution in [2.45, 2.75) is 11.0 Å². The van der Waals surface area contributed by atoms with Gasteiger partial charge in [-0.25, -0.2) is 4.39 Å². The summed E-state index contributed by atoms with van der Waals surface area (Å²) in [6, 6.07) is 14.3. The Labute approximate surface area is 130 Å². The van der Waals surface area contributed by atoms with E-state index in [-0.39, 0.29) is 17.2 Å². The van der Waals surface area contributed by atoms with E-state index in [0.717, 1.165) is 0 Å². The second-order valence-corrected chi connectivity index (χ2v) is 6.12. The van der Waals surface area contributed by atoms with E-state index in [1.807, 2.05) is 0 Å². The van der Waals surface area contributed by atoms with Gasteiger partial charge in [0.2, 0.25) is 0 Å². The summed E-state index contributed by atoms with van der Waals surface area (Å²) < 4.78 is 25.4. The number of aliphatic hydroxyl groups is 1. The van der Waals surface area contributed by atoms with E-state index in [1.54, 1.807) is 36.4 Å². The molecule has 4 nitrogen and oxygen atoms in total. The number of carbonyl (C=O) groups is 1. The number of hydrogen-bond donors (Lipinski definition) is 2. The topological polar surface area (TPSA) is 66.4 Å². The molecule has 0 aliphatic heterocycles. The average molecular weight is 321 g/mol. The van der Waals surface area contributed by atoms with Crippen LogP contribution >= 0.6 is 0 Å². The van der Waals surface area contributed by atoms with Gasteiger partial charge in [0.15, 0.2) is 6.10 Å². The zero-order valence-electron chi connectivity index (χ0n) is 11.7. The van der Waals surface area contributed by atoms with Gasteiger partial charge in [0, 0.05) is 12.3 Å². The Hall–Kier alpha value is -2.05. The van der Waals surface area contributed by atoms with E-state index >= 15 is 0 Å². The predicted molar refractivity (Wildman–Crippen MR) is 82.1 cm³/mol. The Morgan fingerprint density at radius 3 is 2.45 bits per heavy atom. The van der Waals surface area contributed by atoms with Gasteiger partial charge in [-0.15, -0.1) is 0 Å². The van der Waals surface area contributed by atoms with Gasteiger partial charge in [-0.3, -0.25) is 9.00 Å². The molecule has 2 rings (SSSR count). The standard InChI is InChI=1S/C16H16FNO3S/c17-13-8-4-5-9-14(13)22(21)11-10-18-16(20)15(19)12-6-2-1-3-7-12/h1-9,15,19H,10-11H2,(H,18,20)/t15-,22+/m0/s1. The second-order valence-electron chi connectivity index (χ2n) is 4.58. The lowest BCUT2D eigenvalue weighted by Crippen LogP contribution is -2.32. The maximum absolute atomic E-state index is 13.5. The predicted octanol–water partition coefficient (Wildman–Crippen LogP) is 1.78. The van der Waals surface area contributed by atoms with Crippen molar-refractivity contribution < 1.29 is 18.5 Å². The molecule has 2 atom stereocenters. The van der Waals surface area contributed by atoms with Crippen LogP contribution in [-0.2, 0) is 15.6 Å². The third kappa shape index (κ3) is 4.22. The molecule has 0 saturated heterocycles. The van der Waals surface area contributed by atoms with Crippen molar-refractivity contribution >= 4 is 16.7 Å². The summed E-state index contributed by atoms with van der Waals surface area (Å²) in [7, 11) is -1.54. The number of aliphatic hydroxyl groups excluding tert-OH is 1. The maximum Gasteiger partial charge on any atom is 0.253 e. The minimum absolute atomic E-state index is 0.0776. The van der Waals surface area contributed by atoms with E-state index in [9.17, 15) is 18.5 Å². The zero-order chi connectivity index (χ0) is 15.9. The fourth-order valence-corrected chi connectivity index (χ4v) is 2.91. The van der Waals surface area contributed by atoms with Crippen LogP contribution in [0.15, 0.2) is 59.5 Å². The summed E-state index contributed by atoms with van der Waals surface area (Å²) in [4.78, 5) is 11.9. The van der Waals surface area contributed by atoms with Crippen molar-refractivity contribution in [1.29, 1.82) is 0 Å². The molecule has 6 heteroatoms. The van der Waals surface area contributed by atoms with Gasteiger partial charge in [0.05, 0.1) is 15.7 Å². The quantitative estimate of drug-likeness (QED) is 0.852. The van der Waals surface area contributed by atoms with Gasteiger partial charge in [0.1, 0.15) is 5.82 Å². The number of amides is 1. The number of rotatable bonds is 6. The summed E-state index contributed by atoms with van der Waals surface area (Å²) >= 11 is 0. The van der Waals surface area contributed by atoms with Crippen molar-refractivity contribution in [2.24, 2.45) is 0 Å². The lowest BCUT2D eigenvalue weighted by atomic mass is 10.1. The normalized spacial score (nSPS) is 13.4. The Morgan fingerprint density at radius 1 is 1.14 bits per heavy atom. The first kappa shape index (κ1) is 16.3. The number of hydrogen-bond acceptors (Lipinski definition) is 3. The van der Waals surface area contributed by atoms with Gasteiger partial charge in [-0.1, -0.05) is 42.5 Å². The summed E-state index contributed by atoms with van der Waals surface area (Å²) in [5.41, 5.74) is 0.482. The first-order valence-electron chi connectivity index (χ1n) is 6.73. The van der Waals surface area contributed by atoms with Crippen molar-refractivity contribution in [3.8, 4) is 0 Å². The Balaban J connectivity index is 1.85. The summed E-state index contributed by atoms with van der Waals surface area (Å²) in [6.45, 7) is 0.0870. The van der Waals surface area contributed by atoms with Crippen LogP contribution in [0, 0.1) is 5.82 Å². The van der Waals surface area contributed by atoms with Gasteiger partial charge in [-0.2, -0.15) is 0 Å². The molecule has 0 aliphatic rings. The SMILES string of the molecule is O=C(NCC[S@@](=O)c1ccccc1F)[C@@H](O)c1ccccc1. The summed E-state index contributed by atoms with van der Waals surface area (Å²) in [6.07, 6.45) is -1.27. The number of halogens is 1. The highest BCUT2D eigenvalue weighted by molar-refractivity contribution is 7.85. The van der Waals surface area contributed by atoms with Crippen LogP contribution in [0.5, 0.6) is 0 Å². The largest absolute Gasteiger partial charge is 0.378 e. The third-order valence-corrected chi connectivity index (χ3v) is 4.43. The summed E-state index contributed by atoms with van der Waals surface area (Å²) in [5.74, 6) is -1.03. The van der Waals surface area contributed by atoms with Gasteiger partial charge >= 0.3 is 0 Å². The average Bonchev–Trinajstić information content (AvgIpc) is 2.55. The Morgan fingerprint density at radius 2 is 1.77 bits per heavy atom. The molecule has 116 valence electrons. The molecule has 0 aliphatic carbocycles. The molecule has 0 heterocycles.